The zero-order chi connectivity index (χ0) is 9.97. The second-order valence-corrected chi connectivity index (χ2v) is 3.09. The van der Waals surface area contributed by atoms with Crippen LogP contribution in [0.25, 0.3) is 11.1 Å². The van der Waals surface area contributed by atoms with Gasteiger partial charge in [-0.25, -0.2) is 4.79 Å². The molecule has 0 fully saturated rings. The Morgan fingerprint density at radius 2 is 1.71 bits per heavy atom. The van der Waals surface area contributed by atoms with Gasteiger partial charge in [-0.05, 0) is 18.6 Å². The minimum atomic E-state index is -0.304. The molecular weight excluding hydrogens is 176 g/mol. The number of hydrogen-bond donors (Lipinski definition) is 0. The van der Waals surface area contributed by atoms with Crippen molar-refractivity contribution in [3.05, 3.63) is 58.6 Å². The van der Waals surface area contributed by atoms with E-state index >= 15 is 0 Å². The zero-order valence-corrected chi connectivity index (χ0v) is 7.86. The lowest BCUT2D eigenvalue weighted by Crippen LogP contribution is -1.97. The second-order valence-electron chi connectivity index (χ2n) is 3.09. The first-order valence-corrected chi connectivity index (χ1v) is 4.43. The first kappa shape index (κ1) is 8.75. The third kappa shape index (κ3) is 1.59. The highest BCUT2D eigenvalue weighted by atomic mass is 16.4. The standard InChI is InChI=1S/C12H10O2/c1-9-11(7-8-12(13)14-9)10-5-3-2-4-6-10/h2-8H,1H3. The van der Waals surface area contributed by atoms with Gasteiger partial charge in [0.15, 0.2) is 0 Å². The smallest absolute Gasteiger partial charge is 0.335 e. The molecule has 0 spiro atoms. The van der Waals surface area contributed by atoms with Crippen LogP contribution in [-0.2, 0) is 0 Å². The lowest BCUT2D eigenvalue weighted by Gasteiger charge is -2.02. The van der Waals surface area contributed by atoms with Gasteiger partial charge in [-0.15, -0.1) is 0 Å². The molecule has 0 unspecified atom stereocenters. The molecule has 2 aromatic rings. The number of rotatable bonds is 1. The van der Waals surface area contributed by atoms with Crippen LogP contribution >= 0.6 is 0 Å². The van der Waals surface area contributed by atoms with Crippen LogP contribution in [0.4, 0.5) is 0 Å². The van der Waals surface area contributed by atoms with E-state index in [1.165, 1.54) is 6.07 Å². The highest BCUT2D eigenvalue weighted by Crippen LogP contribution is 2.20. The van der Waals surface area contributed by atoms with Crippen LogP contribution in [0.3, 0.4) is 0 Å². The summed E-state index contributed by atoms with van der Waals surface area (Å²) in [5.41, 5.74) is 1.72. The molecule has 14 heavy (non-hydrogen) atoms. The van der Waals surface area contributed by atoms with E-state index in [4.69, 9.17) is 4.42 Å². The van der Waals surface area contributed by atoms with Gasteiger partial charge in [0.25, 0.3) is 0 Å². The van der Waals surface area contributed by atoms with E-state index in [2.05, 4.69) is 0 Å². The van der Waals surface area contributed by atoms with Crippen LogP contribution in [0.1, 0.15) is 5.76 Å². The van der Waals surface area contributed by atoms with Gasteiger partial charge in [-0.2, -0.15) is 0 Å². The third-order valence-corrected chi connectivity index (χ3v) is 2.10. The molecule has 0 radical (unpaired) electrons. The summed E-state index contributed by atoms with van der Waals surface area (Å²) in [5, 5.41) is 0. The van der Waals surface area contributed by atoms with E-state index in [0.717, 1.165) is 11.1 Å². The van der Waals surface area contributed by atoms with Crippen LogP contribution in [0, 0.1) is 6.92 Å². The fourth-order valence-electron chi connectivity index (χ4n) is 1.43. The van der Waals surface area contributed by atoms with Crippen molar-refractivity contribution >= 4 is 0 Å². The van der Waals surface area contributed by atoms with Crippen molar-refractivity contribution in [2.45, 2.75) is 6.92 Å². The van der Waals surface area contributed by atoms with Crippen LogP contribution in [0.2, 0.25) is 0 Å². The Kier molecular flexibility index (Phi) is 2.19. The topological polar surface area (TPSA) is 30.2 Å². The minimum absolute atomic E-state index is 0.304. The van der Waals surface area contributed by atoms with Crippen LogP contribution in [0.15, 0.2) is 51.7 Å². The number of aryl methyl sites for hydroxylation is 1. The van der Waals surface area contributed by atoms with Gasteiger partial charge >= 0.3 is 5.63 Å². The van der Waals surface area contributed by atoms with Crippen molar-refractivity contribution in [2.24, 2.45) is 0 Å². The summed E-state index contributed by atoms with van der Waals surface area (Å²) in [6.07, 6.45) is 0. The quantitative estimate of drug-likeness (QED) is 0.685. The molecule has 2 heteroatoms. The number of benzene rings is 1. The van der Waals surface area contributed by atoms with Crippen molar-refractivity contribution in [2.75, 3.05) is 0 Å². The lowest BCUT2D eigenvalue weighted by atomic mass is 10.1. The van der Waals surface area contributed by atoms with Gasteiger partial charge in [0.1, 0.15) is 5.76 Å². The fourth-order valence-corrected chi connectivity index (χ4v) is 1.43. The molecule has 0 saturated heterocycles. The molecule has 70 valence electrons. The predicted octanol–water partition coefficient (Wildman–Crippen LogP) is 2.62. The van der Waals surface area contributed by atoms with Gasteiger partial charge in [-0.1, -0.05) is 30.3 Å². The molecule has 0 atom stereocenters. The summed E-state index contributed by atoms with van der Waals surface area (Å²) in [6, 6.07) is 13.1. The molecule has 1 aromatic carbocycles. The van der Waals surface area contributed by atoms with E-state index in [1.807, 2.05) is 30.3 Å². The molecule has 2 rings (SSSR count). The number of hydrogen-bond acceptors (Lipinski definition) is 2. The molecule has 0 aliphatic heterocycles. The normalized spacial score (nSPS) is 10.1. The fraction of sp³-hybridized carbons (Fsp3) is 0.0833. The summed E-state index contributed by atoms with van der Waals surface area (Å²) in [5.74, 6) is 0.656. The molecular formula is C12H10O2. The second kappa shape index (κ2) is 3.50. The molecule has 0 bridgehead atoms. The maximum absolute atomic E-state index is 10.9. The maximum atomic E-state index is 10.9. The van der Waals surface area contributed by atoms with Crippen LogP contribution < -0.4 is 5.63 Å². The van der Waals surface area contributed by atoms with E-state index in [-0.39, 0.29) is 5.63 Å². The minimum Gasteiger partial charge on any atom is -0.428 e. The average molecular weight is 186 g/mol. The monoisotopic (exact) mass is 186 g/mol. The largest absolute Gasteiger partial charge is 0.428 e. The Hall–Kier alpha value is -1.83. The van der Waals surface area contributed by atoms with Gasteiger partial charge in [0.2, 0.25) is 0 Å². The zero-order valence-electron chi connectivity index (χ0n) is 7.86. The van der Waals surface area contributed by atoms with E-state index < -0.39 is 0 Å². The van der Waals surface area contributed by atoms with Crippen molar-refractivity contribution in [1.82, 2.24) is 0 Å². The summed E-state index contributed by atoms with van der Waals surface area (Å²) in [4.78, 5) is 10.9. The van der Waals surface area contributed by atoms with Gasteiger partial charge < -0.3 is 4.42 Å². The average Bonchev–Trinajstić information content (AvgIpc) is 2.19. The highest BCUT2D eigenvalue weighted by Gasteiger charge is 2.02. The Bertz CT molecular complexity index is 483. The Morgan fingerprint density at radius 3 is 2.36 bits per heavy atom. The van der Waals surface area contributed by atoms with Gasteiger partial charge in [0, 0.05) is 11.6 Å². The van der Waals surface area contributed by atoms with E-state index in [0.29, 0.717) is 5.76 Å². The van der Waals surface area contributed by atoms with Crippen LogP contribution in [0.5, 0.6) is 0 Å². The van der Waals surface area contributed by atoms with Crippen molar-refractivity contribution in [1.29, 1.82) is 0 Å². The molecule has 2 nitrogen and oxygen atoms in total. The molecule has 1 aromatic heterocycles. The van der Waals surface area contributed by atoms with E-state index in [1.54, 1.807) is 13.0 Å². The molecule has 0 aliphatic carbocycles. The first-order valence-electron chi connectivity index (χ1n) is 4.43. The van der Waals surface area contributed by atoms with Crippen molar-refractivity contribution < 1.29 is 4.42 Å². The molecule has 1 heterocycles. The van der Waals surface area contributed by atoms with Gasteiger partial charge in [-0.3, -0.25) is 0 Å². The predicted molar refractivity (Wildman–Crippen MR) is 55.2 cm³/mol. The molecule has 0 N–H and O–H groups in total. The Morgan fingerprint density at radius 1 is 1.00 bits per heavy atom. The third-order valence-electron chi connectivity index (χ3n) is 2.10. The Labute approximate surface area is 81.8 Å². The van der Waals surface area contributed by atoms with Gasteiger partial charge in [0.05, 0.1) is 0 Å². The summed E-state index contributed by atoms with van der Waals surface area (Å²) < 4.78 is 5.01. The van der Waals surface area contributed by atoms with Crippen LogP contribution in [-0.4, -0.2) is 0 Å². The maximum Gasteiger partial charge on any atom is 0.335 e. The van der Waals surface area contributed by atoms with Crippen molar-refractivity contribution in [3.8, 4) is 11.1 Å². The van der Waals surface area contributed by atoms with Crippen molar-refractivity contribution in [3.63, 3.8) is 0 Å². The first-order chi connectivity index (χ1) is 6.77. The SMILES string of the molecule is Cc1oc(=O)ccc1-c1ccccc1. The molecule has 0 saturated carbocycles. The molecule has 0 amide bonds. The summed E-state index contributed by atoms with van der Waals surface area (Å²) >= 11 is 0. The lowest BCUT2D eigenvalue weighted by molar-refractivity contribution is 0.482. The highest BCUT2D eigenvalue weighted by molar-refractivity contribution is 5.64. The summed E-state index contributed by atoms with van der Waals surface area (Å²) in [7, 11) is 0. The van der Waals surface area contributed by atoms with E-state index in [9.17, 15) is 4.79 Å². The Balaban J connectivity index is 2.58. The molecule has 0 aliphatic rings. The summed E-state index contributed by atoms with van der Waals surface area (Å²) in [6.45, 7) is 1.80.